The number of likely N-dealkylation sites (N-methyl/N-ethyl adjacent to an activating group) is 1. The lowest BCUT2D eigenvalue weighted by atomic mass is 10.00. The van der Waals surface area contributed by atoms with E-state index in [1.54, 1.807) is 18.9 Å². The van der Waals surface area contributed by atoms with Gasteiger partial charge in [-0.05, 0) is 19.3 Å². The zero-order valence-electron chi connectivity index (χ0n) is 11.9. The molecule has 0 spiro atoms. The first-order valence-electron chi connectivity index (χ1n) is 6.20. The number of carbonyl (C=O) groups excluding carboxylic acids is 2. The number of Topliss-reactive ketones (excluding diaryl/α,β-unsaturated/α-hetero) is 1. The molecule has 0 N–H and O–H groups in total. The number of carbonyl (C=O) groups is 2. The largest absolute Gasteiger partial charge is 0.463 e. The summed E-state index contributed by atoms with van der Waals surface area (Å²) in [4.78, 5) is 27.4. The molecule has 0 saturated carbocycles. The van der Waals surface area contributed by atoms with Gasteiger partial charge in [-0.25, -0.2) is 4.79 Å². The summed E-state index contributed by atoms with van der Waals surface area (Å²) in [5.41, 5.74) is 8.43. The van der Waals surface area contributed by atoms with Gasteiger partial charge >= 0.3 is 12.2 Å². The minimum atomic E-state index is -0.471. The number of hydrogen-bond donors (Lipinski definition) is 0. The summed E-state index contributed by atoms with van der Waals surface area (Å²) in [6, 6.07) is -0.471. The molecule has 0 aromatic heterocycles. The number of ether oxygens (including phenoxy) is 1. The van der Waals surface area contributed by atoms with Crippen LogP contribution >= 0.6 is 0 Å². The summed E-state index contributed by atoms with van der Waals surface area (Å²) < 4.78 is 4.76. The lowest BCUT2D eigenvalue weighted by Crippen LogP contribution is -2.37. The van der Waals surface area contributed by atoms with Crippen LogP contribution in [0.3, 0.4) is 0 Å². The molecule has 0 radical (unpaired) electrons. The van der Waals surface area contributed by atoms with Crippen molar-refractivity contribution in [3.8, 4) is 0 Å². The highest BCUT2D eigenvalue weighted by molar-refractivity contribution is 6.27. The minimum absolute atomic E-state index is 0.291. The van der Waals surface area contributed by atoms with E-state index in [2.05, 4.69) is 4.79 Å². The van der Waals surface area contributed by atoms with E-state index < -0.39 is 12.0 Å². The number of esters is 1. The first-order chi connectivity index (χ1) is 8.92. The first-order valence-corrected chi connectivity index (χ1v) is 6.20. The molecule has 0 aliphatic carbocycles. The molecule has 0 unspecified atom stereocenters. The third-order valence-corrected chi connectivity index (χ3v) is 2.43. The third-order valence-electron chi connectivity index (χ3n) is 2.43. The summed E-state index contributed by atoms with van der Waals surface area (Å²) >= 11 is 0. The van der Waals surface area contributed by atoms with Gasteiger partial charge in [0.2, 0.25) is 0 Å². The fourth-order valence-corrected chi connectivity index (χ4v) is 1.55. The van der Waals surface area contributed by atoms with Gasteiger partial charge in [-0.2, -0.15) is 4.79 Å². The normalized spacial score (nSPS) is 12.1. The van der Waals surface area contributed by atoms with Crippen LogP contribution in [0, 0.1) is 5.92 Å². The Bertz CT molecular complexity index is 385. The Morgan fingerprint density at radius 3 is 2.53 bits per heavy atom. The highest BCUT2D eigenvalue weighted by atomic mass is 16.5. The Kier molecular flexibility index (Phi) is 8.13. The topological polar surface area (TPSA) is 83.0 Å². The quantitative estimate of drug-likeness (QED) is 0.218. The molecule has 0 saturated heterocycles. The molecule has 0 aliphatic heterocycles. The van der Waals surface area contributed by atoms with E-state index in [4.69, 9.17) is 10.3 Å². The second-order valence-electron chi connectivity index (χ2n) is 4.53. The molecule has 6 nitrogen and oxygen atoms in total. The summed E-state index contributed by atoms with van der Waals surface area (Å²) in [7, 11) is 1.69. The van der Waals surface area contributed by atoms with Crippen molar-refractivity contribution in [2.24, 2.45) is 5.92 Å². The van der Waals surface area contributed by atoms with Crippen LogP contribution in [0.25, 0.3) is 5.53 Å². The van der Waals surface area contributed by atoms with Crippen LogP contribution in [0.1, 0.15) is 27.2 Å². The van der Waals surface area contributed by atoms with E-state index in [-0.39, 0.29) is 5.78 Å². The van der Waals surface area contributed by atoms with Gasteiger partial charge in [-0.15, -0.1) is 0 Å². The van der Waals surface area contributed by atoms with Crippen molar-refractivity contribution in [1.29, 1.82) is 0 Å². The van der Waals surface area contributed by atoms with Gasteiger partial charge < -0.3 is 15.2 Å². The van der Waals surface area contributed by atoms with Crippen LogP contribution in [0.15, 0.2) is 12.3 Å². The standard InChI is InChI=1S/C13H21N3O3/c1-5-19-13(18)6-7-16(4)11(8-10(2)3)12(17)9-15-14/h6-7,9-11H,5,8H2,1-4H3/b7-6+/t11-/m0/s1. The predicted octanol–water partition coefficient (Wildman–Crippen LogP) is 1.28. The molecular formula is C13H21N3O3. The van der Waals surface area contributed by atoms with E-state index in [9.17, 15) is 9.59 Å². The molecule has 0 rings (SSSR count). The van der Waals surface area contributed by atoms with Gasteiger partial charge in [-0.3, -0.25) is 4.79 Å². The number of hydrogen-bond acceptors (Lipinski definition) is 4. The Morgan fingerprint density at radius 1 is 1.42 bits per heavy atom. The van der Waals surface area contributed by atoms with Crippen molar-refractivity contribution in [1.82, 2.24) is 4.90 Å². The van der Waals surface area contributed by atoms with E-state index in [0.29, 0.717) is 18.9 Å². The van der Waals surface area contributed by atoms with Gasteiger partial charge in [0, 0.05) is 19.3 Å². The van der Waals surface area contributed by atoms with Gasteiger partial charge in [0.05, 0.1) is 12.6 Å². The molecule has 0 amide bonds. The van der Waals surface area contributed by atoms with E-state index in [1.807, 2.05) is 13.8 Å². The van der Waals surface area contributed by atoms with Crippen molar-refractivity contribution in [3.63, 3.8) is 0 Å². The van der Waals surface area contributed by atoms with Crippen molar-refractivity contribution in [2.75, 3.05) is 13.7 Å². The summed E-state index contributed by atoms with van der Waals surface area (Å²) in [5.74, 6) is -0.479. The summed E-state index contributed by atoms with van der Waals surface area (Å²) in [6.45, 7) is 6.00. The molecule has 0 aromatic carbocycles. The number of rotatable bonds is 8. The number of ketones is 1. The van der Waals surface area contributed by atoms with Crippen LogP contribution in [0.2, 0.25) is 0 Å². The zero-order chi connectivity index (χ0) is 14.8. The molecule has 19 heavy (non-hydrogen) atoms. The predicted molar refractivity (Wildman–Crippen MR) is 71.5 cm³/mol. The summed E-state index contributed by atoms with van der Waals surface area (Å²) in [6.07, 6.45) is 4.23. The lowest BCUT2D eigenvalue weighted by molar-refractivity contribution is -0.137. The van der Waals surface area contributed by atoms with Gasteiger partial charge in [0.1, 0.15) is 0 Å². The highest BCUT2D eigenvalue weighted by Gasteiger charge is 2.23. The highest BCUT2D eigenvalue weighted by Crippen LogP contribution is 2.11. The SMILES string of the molecule is CCOC(=O)/C=C/N(C)[C@@H](CC(C)C)C(=O)C=[N+]=[N-]. The Morgan fingerprint density at radius 2 is 2.05 bits per heavy atom. The molecule has 0 fully saturated rings. The van der Waals surface area contributed by atoms with Gasteiger partial charge in [0.25, 0.3) is 5.78 Å². The molecule has 1 atom stereocenters. The van der Waals surface area contributed by atoms with Crippen LogP contribution in [0.4, 0.5) is 0 Å². The van der Waals surface area contributed by atoms with Gasteiger partial charge in [-0.1, -0.05) is 13.8 Å². The molecule has 0 aliphatic rings. The van der Waals surface area contributed by atoms with Crippen molar-refractivity contribution < 1.29 is 19.1 Å². The number of nitrogens with zero attached hydrogens (tertiary/aromatic N) is 3. The van der Waals surface area contributed by atoms with Crippen molar-refractivity contribution in [3.05, 3.63) is 17.8 Å². The molecule has 0 bridgehead atoms. The Balaban J connectivity index is 4.80. The van der Waals surface area contributed by atoms with Gasteiger partial charge in [0.15, 0.2) is 0 Å². The van der Waals surface area contributed by atoms with Crippen molar-refractivity contribution in [2.45, 2.75) is 33.2 Å². The maximum Gasteiger partial charge on any atom is 0.332 e. The van der Waals surface area contributed by atoms with Crippen LogP contribution in [-0.4, -0.2) is 47.4 Å². The Labute approximate surface area is 113 Å². The lowest BCUT2D eigenvalue weighted by Gasteiger charge is -2.24. The maximum atomic E-state index is 11.8. The smallest absolute Gasteiger partial charge is 0.332 e. The average molecular weight is 267 g/mol. The molecule has 0 heterocycles. The molecule has 0 aromatic rings. The van der Waals surface area contributed by atoms with Crippen LogP contribution in [-0.2, 0) is 14.3 Å². The second kappa shape index (κ2) is 9.05. The van der Waals surface area contributed by atoms with Crippen LogP contribution in [0.5, 0.6) is 0 Å². The van der Waals surface area contributed by atoms with E-state index in [1.165, 1.54) is 12.3 Å². The molecular weight excluding hydrogens is 246 g/mol. The van der Waals surface area contributed by atoms with E-state index >= 15 is 0 Å². The second-order valence-corrected chi connectivity index (χ2v) is 4.53. The third kappa shape index (κ3) is 7.16. The molecule has 6 heteroatoms. The van der Waals surface area contributed by atoms with E-state index in [0.717, 1.165) is 6.21 Å². The monoisotopic (exact) mass is 267 g/mol. The summed E-state index contributed by atoms with van der Waals surface area (Å²) in [5, 5.41) is 0. The Hall–Kier alpha value is -1.94. The molecule has 106 valence electrons. The average Bonchev–Trinajstić information content (AvgIpc) is 2.33. The van der Waals surface area contributed by atoms with Crippen LogP contribution < -0.4 is 0 Å². The van der Waals surface area contributed by atoms with Crippen molar-refractivity contribution >= 4 is 18.0 Å². The fraction of sp³-hybridized carbons (Fsp3) is 0.615. The fourth-order valence-electron chi connectivity index (χ4n) is 1.55. The zero-order valence-corrected chi connectivity index (χ0v) is 11.9. The first kappa shape index (κ1) is 17.1. The minimum Gasteiger partial charge on any atom is -0.463 e. The maximum absolute atomic E-state index is 11.8.